The maximum atomic E-state index is 6.16. The smallest absolute Gasteiger partial charge is 0.193 e. The lowest BCUT2D eigenvalue weighted by Crippen LogP contribution is -2.53. The molecule has 1 aromatic heterocycles. The molecular formula is C18H26ClIN6. The highest BCUT2D eigenvalue weighted by molar-refractivity contribution is 14.0. The molecule has 3 rings (SSSR count). The predicted octanol–water partition coefficient (Wildman–Crippen LogP) is 2.86. The molecule has 0 aliphatic carbocycles. The van der Waals surface area contributed by atoms with E-state index in [1.165, 1.54) is 11.3 Å². The molecule has 0 bridgehead atoms. The Bertz CT molecular complexity index is 710. The third-order valence-electron chi connectivity index (χ3n) is 4.52. The van der Waals surface area contributed by atoms with Gasteiger partial charge in [0.25, 0.3) is 0 Å². The predicted molar refractivity (Wildman–Crippen MR) is 119 cm³/mol. The Labute approximate surface area is 177 Å². The van der Waals surface area contributed by atoms with Crippen LogP contribution in [0.25, 0.3) is 0 Å². The first-order valence-corrected chi connectivity index (χ1v) is 8.97. The SMILES string of the molecule is CN=C(NCCn1ccnc1)N1CCN(c2cc(Cl)ccc2C)CC1.I. The second kappa shape index (κ2) is 10.0. The number of guanidine groups is 1. The molecule has 0 radical (unpaired) electrons. The summed E-state index contributed by atoms with van der Waals surface area (Å²) in [5.74, 6) is 0.961. The van der Waals surface area contributed by atoms with Gasteiger partial charge in [0.05, 0.1) is 6.33 Å². The molecule has 2 heterocycles. The monoisotopic (exact) mass is 488 g/mol. The van der Waals surface area contributed by atoms with Crippen molar-refractivity contribution in [2.45, 2.75) is 13.5 Å². The van der Waals surface area contributed by atoms with Crippen LogP contribution in [0.2, 0.25) is 5.02 Å². The number of rotatable bonds is 4. The van der Waals surface area contributed by atoms with Gasteiger partial charge in [0.15, 0.2) is 5.96 Å². The van der Waals surface area contributed by atoms with Crippen LogP contribution < -0.4 is 10.2 Å². The van der Waals surface area contributed by atoms with Gasteiger partial charge in [-0.15, -0.1) is 24.0 Å². The second-order valence-corrected chi connectivity index (χ2v) is 6.62. The fourth-order valence-corrected chi connectivity index (χ4v) is 3.30. The quantitative estimate of drug-likeness (QED) is 0.408. The maximum Gasteiger partial charge on any atom is 0.193 e. The van der Waals surface area contributed by atoms with E-state index in [1.54, 1.807) is 6.20 Å². The van der Waals surface area contributed by atoms with Crippen molar-refractivity contribution in [3.63, 3.8) is 0 Å². The molecule has 0 unspecified atom stereocenters. The van der Waals surface area contributed by atoms with Crippen molar-refractivity contribution in [1.29, 1.82) is 0 Å². The topological polar surface area (TPSA) is 48.7 Å². The number of piperazine rings is 1. The molecule has 6 nitrogen and oxygen atoms in total. The number of nitrogens with zero attached hydrogens (tertiary/aromatic N) is 5. The van der Waals surface area contributed by atoms with Gasteiger partial charge in [0.1, 0.15) is 0 Å². The number of nitrogens with one attached hydrogen (secondary N) is 1. The summed E-state index contributed by atoms with van der Waals surface area (Å²) in [6.07, 6.45) is 5.60. The molecule has 1 saturated heterocycles. The number of hydrogen-bond acceptors (Lipinski definition) is 3. The van der Waals surface area contributed by atoms with Gasteiger partial charge >= 0.3 is 0 Å². The minimum absolute atomic E-state index is 0. The van der Waals surface area contributed by atoms with Crippen LogP contribution in [0.1, 0.15) is 5.56 Å². The van der Waals surface area contributed by atoms with E-state index in [9.17, 15) is 0 Å². The highest BCUT2D eigenvalue weighted by Crippen LogP contribution is 2.25. The highest BCUT2D eigenvalue weighted by Gasteiger charge is 2.20. The van der Waals surface area contributed by atoms with Gasteiger partial charge in [-0.2, -0.15) is 0 Å². The Morgan fingerprint density at radius 1 is 1.27 bits per heavy atom. The minimum Gasteiger partial charge on any atom is -0.368 e. The normalized spacial score (nSPS) is 15.0. The average Bonchev–Trinajstić information content (AvgIpc) is 3.15. The lowest BCUT2D eigenvalue weighted by Gasteiger charge is -2.38. The number of imidazole rings is 1. The van der Waals surface area contributed by atoms with Crippen LogP contribution in [0, 0.1) is 6.92 Å². The summed E-state index contributed by atoms with van der Waals surface area (Å²) in [4.78, 5) is 13.2. The Hall–Kier alpha value is -1.48. The van der Waals surface area contributed by atoms with Crippen molar-refractivity contribution < 1.29 is 0 Å². The molecule has 1 fully saturated rings. The van der Waals surface area contributed by atoms with E-state index in [0.717, 1.165) is 50.3 Å². The fraction of sp³-hybridized carbons (Fsp3) is 0.444. The van der Waals surface area contributed by atoms with Crippen molar-refractivity contribution in [2.24, 2.45) is 4.99 Å². The molecular weight excluding hydrogens is 463 g/mol. The largest absolute Gasteiger partial charge is 0.368 e. The zero-order valence-corrected chi connectivity index (χ0v) is 18.3. The van der Waals surface area contributed by atoms with Gasteiger partial charge in [0.2, 0.25) is 0 Å². The number of halogens is 2. The van der Waals surface area contributed by atoms with E-state index < -0.39 is 0 Å². The summed E-state index contributed by atoms with van der Waals surface area (Å²) in [6, 6.07) is 6.09. The maximum absolute atomic E-state index is 6.16. The summed E-state index contributed by atoms with van der Waals surface area (Å²) in [6.45, 7) is 7.65. The van der Waals surface area contributed by atoms with Crippen molar-refractivity contribution in [1.82, 2.24) is 19.8 Å². The summed E-state index contributed by atoms with van der Waals surface area (Å²) in [5.41, 5.74) is 2.50. The molecule has 1 aliphatic rings. The first-order valence-electron chi connectivity index (χ1n) is 8.60. The average molecular weight is 489 g/mol. The first kappa shape index (κ1) is 20.8. The van der Waals surface area contributed by atoms with Crippen LogP contribution in [0.15, 0.2) is 41.9 Å². The molecule has 1 aliphatic heterocycles. The number of benzene rings is 1. The summed E-state index contributed by atoms with van der Waals surface area (Å²) in [7, 11) is 1.84. The molecule has 2 aromatic rings. The standard InChI is InChI=1S/C18H25ClN6.HI/c1-15-3-4-16(19)13-17(15)24-9-11-25(12-10-24)18(20-2)22-6-8-23-7-5-21-14-23;/h3-5,7,13-14H,6,8-12H2,1-2H3,(H,20,22);1H. The van der Waals surface area contributed by atoms with Gasteiger partial charge in [-0.3, -0.25) is 4.99 Å². The zero-order chi connectivity index (χ0) is 17.6. The zero-order valence-electron chi connectivity index (χ0n) is 15.2. The Balaban J connectivity index is 0.00000243. The van der Waals surface area contributed by atoms with Crippen molar-refractivity contribution in [2.75, 3.05) is 44.7 Å². The minimum atomic E-state index is 0. The Kier molecular flexibility index (Phi) is 8.02. The van der Waals surface area contributed by atoms with E-state index in [0.29, 0.717) is 0 Å². The third kappa shape index (κ3) is 5.26. The van der Waals surface area contributed by atoms with Crippen molar-refractivity contribution in [3.8, 4) is 0 Å². The molecule has 26 heavy (non-hydrogen) atoms. The Morgan fingerprint density at radius 2 is 2.04 bits per heavy atom. The number of aromatic nitrogens is 2. The van der Waals surface area contributed by atoms with Crippen molar-refractivity contribution >= 4 is 47.2 Å². The van der Waals surface area contributed by atoms with Crippen LogP contribution >= 0.6 is 35.6 Å². The van der Waals surface area contributed by atoms with Crippen LogP contribution in [0.5, 0.6) is 0 Å². The molecule has 142 valence electrons. The van der Waals surface area contributed by atoms with E-state index in [-0.39, 0.29) is 24.0 Å². The molecule has 1 aromatic carbocycles. The molecule has 0 saturated carbocycles. The molecule has 1 N–H and O–H groups in total. The number of anilines is 1. The molecule has 0 amide bonds. The number of aliphatic imine (C=N–C) groups is 1. The van der Waals surface area contributed by atoms with Gasteiger partial charge in [0, 0.05) is 69.4 Å². The summed E-state index contributed by atoms with van der Waals surface area (Å²) >= 11 is 6.16. The lowest BCUT2D eigenvalue weighted by molar-refractivity contribution is 0.371. The summed E-state index contributed by atoms with van der Waals surface area (Å²) < 4.78 is 2.06. The lowest BCUT2D eigenvalue weighted by atomic mass is 10.1. The van der Waals surface area contributed by atoms with Crippen LogP contribution in [-0.4, -0.2) is 60.2 Å². The van der Waals surface area contributed by atoms with E-state index >= 15 is 0 Å². The van der Waals surface area contributed by atoms with Crippen molar-refractivity contribution in [3.05, 3.63) is 47.5 Å². The van der Waals surface area contributed by atoms with Crippen LogP contribution in [0.3, 0.4) is 0 Å². The number of hydrogen-bond donors (Lipinski definition) is 1. The summed E-state index contributed by atoms with van der Waals surface area (Å²) in [5, 5.41) is 4.23. The van der Waals surface area contributed by atoms with E-state index in [1.807, 2.05) is 25.6 Å². The fourth-order valence-electron chi connectivity index (χ4n) is 3.13. The van der Waals surface area contributed by atoms with Crippen LogP contribution in [-0.2, 0) is 6.54 Å². The third-order valence-corrected chi connectivity index (χ3v) is 4.75. The molecule has 8 heteroatoms. The van der Waals surface area contributed by atoms with Gasteiger partial charge in [-0.1, -0.05) is 17.7 Å². The van der Waals surface area contributed by atoms with Gasteiger partial charge in [-0.05, 0) is 24.6 Å². The highest BCUT2D eigenvalue weighted by atomic mass is 127. The van der Waals surface area contributed by atoms with Gasteiger partial charge < -0.3 is 19.7 Å². The van der Waals surface area contributed by atoms with E-state index in [4.69, 9.17) is 11.6 Å². The second-order valence-electron chi connectivity index (χ2n) is 6.18. The Morgan fingerprint density at radius 3 is 2.69 bits per heavy atom. The van der Waals surface area contributed by atoms with Crippen LogP contribution in [0.4, 0.5) is 5.69 Å². The molecule has 0 atom stereocenters. The first-order chi connectivity index (χ1) is 12.2. The number of aryl methyl sites for hydroxylation is 1. The van der Waals surface area contributed by atoms with E-state index in [2.05, 4.69) is 48.7 Å². The van der Waals surface area contributed by atoms with Gasteiger partial charge in [-0.25, -0.2) is 4.98 Å². The molecule has 0 spiro atoms.